The fraction of sp³-hybridized carbons (Fsp3) is 0.500. The standard InChI is InChI=1S/C12H19ClN2O/c1-8(7-16)15(3)12-5-4-10(9(2)14)6-11(12)13/h4-6,8-9,16H,7,14H2,1-3H3/t8?,9-/m1/s1. The van der Waals surface area contributed by atoms with Gasteiger partial charge in [-0.3, -0.25) is 0 Å². The summed E-state index contributed by atoms with van der Waals surface area (Å²) in [6.45, 7) is 3.96. The summed E-state index contributed by atoms with van der Waals surface area (Å²) in [5.74, 6) is 0. The lowest BCUT2D eigenvalue weighted by Crippen LogP contribution is -2.32. The third-order valence-corrected chi connectivity index (χ3v) is 3.11. The van der Waals surface area contributed by atoms with Gasteiger partial charge >= 0.3 is 0 Å². The Kier molecular flexibility index (Phi) is 4.59. The molecule has 0 spiro atoms. The molecule has 1 aromatic carbocycles. The molecule has 1 aromatic rings. The van der Waals surface area contributed by atoms with Crippen LogP contribution in [0.1, 0.15) is 25.5 Å². The minimum absolute atomic E-state index is 0.0212. The molecular weight excluding hydrogens is 224 g/mol. The van der Waals surface area contributed by atoms with E-state index in [1.54, 1.807) is 0 Å². The molecule has 90 valence electrons. The third-order valence-electron chi connectivity index (χ3n) is 2.80. The van der Waals surface area contributed by atoms with Crippen molar-refractivity contribution in [1.29, 1.82) is 0 Å². The largest absolute Gasteiger partial charge is 0.394 e. The molecule has 3 nitrogen and oxygen atoms in total. The third kappa shape index (κ3) is 2.88. The van der Waals surface area contributed by atoms with Crippen LogP contribution in [0.15, 0.2) is 18.2 Å². The number of likely N-dealkylation sites (N-methyl/N-ethyl adjacent to an activating group) is 1. The summed E-state index contributed by atoms with van der Waals surface area (Å²) in [4.78, 5) is 1.95. The predicted octanol–water partition coefficient (Wildman–Crippen LogP) is 2.18. The van der Waals surface area contributed by atoms with Crippen molar-refractivity contribution in [3.8, 4) is 0 Å². The maximum Gasteiger partial charge on any atom is 0.0642 e. The average Bonchev–Trinajstić information content (AvgIpc) is 2.26. The molecule has 0 aliphatic heterocycles. The van der Waals surface area contributed by atoms with Crippen LogP contribution in [0.2, 0.25) is 5.02 Å². The number of benzene rings is 1. The lowest BCUT2D eigenvalue weighted by Gasteiger charge is -2.26. The zero-order valence-electron chi connectivity index (χ0n) is 9.94. The second kappa shape index (κ2) is 5.53. The van der Waals surface area contributed by atoms with Crippen LogP contribution in [0.3, 0.4) is 0 Å². The summed E-state index contributed by atoms with van der Waals surface area (Å²) in [7, 11) is 1.91. The molecule has 3 N–H and O–H groups in total. The van der Waals surface area contributed by atoms with Crippen molar-refractivity contribution in [2.45, 2.75) is 25.9 Å². The van der Waals surface area contributed by atoms with E-state index >= 15 is 0 Å². The van der Waals surface area contributed by atoms with Gasteiger partial charge in [-0.2, -0.15) is 0 Å². The number of aliphatic hydroxyl groups is 1. The van der Waals surface area contributed by atoms with Crippen LogP contribution in [-0.2, 0) is 0 Å². The lowest BCUT2D eigenvalue weighted by molar-refractivity contribution is 0.270. The highest BCUT2D eigenvalue weighted by atomic mass is 35.5. The van der Waals surface area contributed by atoms with E-state index in [1.165, 1.54) is 0 Å². The van der Waals surface area contributed by atoms with Gasteiger partial charge in [0.2, 0.25) is 0 Å². The minimum atomic E-state index is -0.0212. The Morgan fingerprint density at radius 3 is 2.50 bits per heavy atom. The van der Waals surface area contributed by atoms with Crippen LogP contribution in [0.5, 0.6) is 0 Å². The smallest absolute Gasteiger partial charge is 0.0642 e. The molecule has 16 heavy (non-hydrogen) atoms. The van der Waals surface area contributed by atoms with Gasteiger partial charge in [-0.05, 0) is 31.5 Å². The first-order valence-corrected chi connectivity index (χ1v) is 5.74. The maximum atomic E-state index is 9.10. The van der Waals surface area contributed by atoms with Crippen molar-refractivity contribution in [1.82, 2.24) is 0 Å². The van der Waals surface area contributed by atoms with E-state index in [0.717, 1.165) is 11.3 Å². The molecule has 0 heterocycles. The van der Waals surface area contributed by atoms with Gasteiger partial charge in [-0.25, -0.2) is 0 Å². The highest BCUT2D eigenvalue weighted by Gasteiger charge is 2.13. The van der Waals surface area contributed by atoms with Gasteiger partial charge < -0.3 is 15.7 Å². The van der Waals surface area contributed by atoms with E-state index in [1.807, 2.05) is 44.0 Å². The van der Waals surface area contributed by atoms with Crippen LogP contribution in [-0.4, -0.2) is 24.8 Å². The summed E-state index contributed by atoms with van der Waals surface area (Å²) in [6, 6.07) is 5.80. The molecule has 0 aromatic heterocycles. The number of aliphatic hydroxyl groups excluding tert-OH is 1. The van der Waals surface area contributed by atoms with Crippen LogP contribution >= 0.6 is 11.6 Å². The second-order valence-electron chi connectivity index (χ2n) is 4.14. The van der Waals surface area contributed by atoms with Gasteiger partial charge in [0.05, 0.1) is 17.3 Å². The number of hydrogen-bond donors (Lipinski definition) is 2. The number of nitrogens with zero attached hydrogens (tertiary/aromatic N) is 1. The topological polar surface area (TPSA) is 49.5 Å². The average molecular weight is 243 g/mol. The Morgan fingerprint density at radius 1 is 1.44 bits per heavy atom. The molecule has 1 rings (SSSR count). The molecule has 0 radical (unpaired) electrons. The Morgan fingerprint density at radius 2 is 2.06 bits per heavy atom. The van der Waals surface area contributed by atoms with E-state index in [-0.39, 0.29) is 18.7 Å². The van der Waals surface area contributed by atoms with Gasteiger partial charge in [0.25, 0.3) is 0 Å². The van der Waals surface area contributed by atoms with Crippen molar-refractivity contribution in [2.24, 2.45) is 5.73 Å². The fourth-order valence-electron chi connectivity index (χ4n) is 1.45. The molecular formula is C12H19ClN2O. The van der Waals surface area contributed by atoms with Crippen molar-refractivity contribution in [2.75, 3.05) is 18.6 Å². The summed E-state index contributed by atoms with van der Waals surface area (Å²) >= 11 is 6.19. The van der Waals surface area contributed by atoms with Gasteiger partial charge in [0, 0.05) is 19.1 Å². The van der Waals surface area contributed by atoms with Crippen LogP contribution in [0.4, 0.5) is 5.69 Å². The maximum absolute atomic E-state index is 9.10. The molecule has 0 saturated heterocycles. The van der Waals surface area contributed by atoms with Crippen LogP contribution in [0.25, 0.3) is 0 Å². The van der Waals surface area contributed by atoms with E-state index in [4.69, 9.17) is 22.4 Å². The van der Waals surface area contributed by atoms with Crippen LogP contribution in [0, 0.1) is 0 Å². The Labute approximate surface area is 102 Å². The minimum Gasteiger partial charge on any atom is -0.394 e. The SMILES string of the molecule is CC(CO)N(C)c1ccc([C@@H](C)N)cc1Cl. The zero-order valence-corrected chi connectivity index (χ0v) is 10.7. The van der Waals surface area contributed by atoms with Gasteiger partial charge in [0.1, 0.15) is 0 Å². The first kappa shape index (κ1) is 13.3. The second-order valence-corrected chi connectivity index (χ2v) is 4.55. The van der Waals surface area contributed by atoms with Gasteiger partial charge in [0.15, 0.2) is 0 Å². The summed E-state index contributed by atoms with van der Waals surface area (Å²) < 4.78 is 0. The fourth-order valence-corrected chi connectivity index (χ4v) is 1.77. The quantitative estimate of drug-likeness (QED) is 0.851. The van der Waals surface area contributed by atoms with Crippen LogP contribution < -0.4 is 10.6 Å². The van der Waals surface area contributed by atoms with Gasteiger partial charge in [-0.1, -0.05) is 17.7 Å². The number of rotatable bonds is 4. The zero-order chi connectivity index (χ0) is 12.3. The highest BCUT2D eigenvalue weighted by molar-refractivity contribution is 6.33. The molecule has 0 amide bonds. The monoisotopic (exact) mass is 242 g/mol. The Bertz CT molecular complexity index is 355. The van der Waals surface area contributed by atoms with Crippen molar-refractivity contribution >= 4 is 17.3 Å². The summed E-state index contributed by atoms with van der Waals surface area (Å²) in [5, 5.41) is 9.76. The molecule has 0 saturated carbocycles. The van der Waals surface area contributed by atoms with E-state index in [9.17, 15) is 0 Å². The molecule has 4 heteroatoms. The van der Waals surface area contributed by atoms with E-state index in [0.29, 0.717) is 5.02 Å². The van der Waals surface area contributed by atoms with E-state index < -0.39 is 0 Å². The summed E-state index contributed by atoms with van der Waals surface area (Å²) in [5.41, 5.74) is 7.71. The van der Waals surface area contributed by atoms with Gasteiger partial charge in [-0.15, -0.1) is 0 Å². The Hall–Kier alpha value is -0.770. The molecule has 2 atom stereocenters. The Balaban J connectivity index is 2.99. The van der Waals surface area contributed by atoms with E-state index in [2.05, 4.69) is 0 Å². The molecule has 0 fully saturated rings. The van der Waals surface area contributed by atoms with Crippen molar-refractivity contribution in [3.05, 3.63) is 28.8 Å². The lowest BCUT2D eigenvalue weighted by atomic mass is 10.1. The molecule has 0 aliphatic rings. The molecule has 1 unspecified atom stereocenters. The number of anilines is 1. The predicted molar refractivity (Wildman–Crippen MR) is 69.0 cm³/mol. The molecule has 0 bridgehead atoms. The van der Waals surface area contributed by atoms with Crippen molar-refractivity contribution < 1.29 is 5.11 Å². The summed E-state index contributed by atoms with van der Waals surface area (Å²) in [6.07, 6.45) is 0. The number of hydrogen-bond acceptors (Lipinski definition) is 3. The highest BCUT2D eigenvalue weighted by Crippen LogP contribution is 2.28. The first-order chi connectivity index (χ1) is 7.47. The number of halogens is 1. The normalized spacial score (nSPS) is 14.6. The molecule has 0 aliphatic carbocycles. The number of nitrogens with two attached hydrogens (primary N) is 1. The first-order valence-electron chi connectivity index (χ1n) is 5.36. The van der Waals surface area contributed by atoms with Crippen molar-refractivity contribution in [3.63, 3.8) is 0 Å².